The molecule has 1 aliphatic heterocycles. The van der Waals surface area contributed by atoms with Gasteiger partial charge in [0.15, 0.2) is 11.5 Å². The van der Waals surface area contributed by atoms with Crippen LogP contribution in [-0.2, 0) is 10.2 Å². The minimum Gasteiger partial charge on any atom is -0.493 e. The van der Waals surface area contributed by atoms with Gasteiger partial charge in [0.25, 0.3) is 0 Å². The summed E-state index contributed by atoms with van der Waals surface area (Å²) in [5, 5.41) is 0. The Morgan fingerprint density at radius 3 is 2.61 bits per heavy atom. The normalized spacial score (nSPS) is 21.2. The molecule has 1 saturated heterocycles. The summed E-state index contributed by atoms with van der Waals surface area (Å²) in [5.41, 5.74) is 7.31. The molecule has 1 aromatic carbocycles. The van der Waals surface area contributed by atoms with Crippen molar-refractivity contribution in [2.24, 2.45) is 5.73 Å². The van der Waals surface area contributed by atoms with E-state index in [0.29, 0.717) is 19.8 Å². The Morgan fingerprint density at radius 1 is 1.33 bits per heavy atom. The number of hydrogen-bond acceptors (Lipinski definition) is 4. The first-order valence-electron chi connectivity index (χ1n) is 6.40. The molecule has 0 unspecified atom stereocenters. The van der Waals surface area contributed by atoms with Crippen LogP contribution in [0.4, 0.5) is 0 Å². The Hall–Kier alpha value is -1.26. The molecule has 98 valence electrons. The van der Waals surface area contributed by atoms with Crippen molar-refractivity contribution in [1.82, 2.24) is 0 Å². The first-order valence-corrected chi connectivity index (χ1v) is 6.40. The monoisotopic (exact) mass is 249 g/mol. The minimum absolute atomic E-state index is 0.155. The van der Waals surface area contributed by atoms with E-state index in [-0.39, 0.29) is 11.5 Å². The lowest BCUT2D eigenvalue weighted by molar-refractivity contribution is -0.0803. The van der Waals surface area contributed by atoms with Crippen molar-refractivity contribution in [3.63, 3.8) is 0 Å². The van der Waals surface area contributed by atoms with Crippen LogP contribution in [0.25, 0.3) is 0 Å². The van der Waals surface area contributed by atoms with Gasteiger partial charge in [-0.3, -0.25) is 0 Å². The molecular formula is C14H19NO3. The smallest absolute Gasteiger partial charge is 0.162 e. The SMILES string of the molecule is COc1ccc(C2(CN)CC2)cc1OC1COC1. The number of hydrogen-bond donors (Lipinski definition) is 1. The summed E-state index contributed by atoms with van der Waals surface area (Å²) in [5.74, 6) is 1.58. The molecule has 3 rings (SSSR count). The minimum atomic E-state index is 0.155. The maximum absolute atomic E-state index is 5.89. The second-order valence-electron chi connectivity index (χ2n) is 5.13. The standard InChI is InChI=1S/C14H19NO3/c1-16-12-3-2-10(14(9-15)4-5-14)6-13(12)18-11-7-17-8-11/h2-3,6,11H,4-5,7-9,15H2,1H3. The van der Waals surface area contributed by atoms with E-state index in [1.165, 1.54) is 18.4 Å². The summed E-state index contributed by atoms with van der Waals surface area (Å²) in [6, 6.07) is 6.15. The van der Waals surface area contributed by atoms with Gasteiger partial charge in [-0.15, -0.1) is 0 Å². The molecule has 4 nitrogen and oxygen atoms in total. The van der Waals surface area contributed by atoms with E-state index in [1.54, 1.807) is 7.11 Å². The lowest BCUT2D eigenvalue weighted by Crippen LogP contribution is -2.38. The van der Waals surface area contributed by atoms with Crippen LogP contribution in [0, 0.1) is 0 Å². The van der Waals surface area contributed by atoms with Crippen LogP contribution in [0.2, 0.25) is 0 Å². The van der Waals surface area contributed by atoms with E-state index < -0.39 is 0 Å². The van der Waals surface area contributed by atoms with Gasteiger partial charge < -0.3 is 19.9 Å². The third-order valence-corrected chi connectivity index (χ3v) is 3.92. The van der Waals surface area contributed by atoms with Crippen molar-refractivity contribution in [3.8, 4) is 11.5 Å². The second kappa shape index (κ2) is 4.44. The molecule has 2 N–H and O–H groups in total. The average Bonchev–Trinajstić information content (AvgIpc) is 3.14. The molecule has 1 heterocycles. The molecule has 0 amide bonds. The predicted molar refractivity (Wildman–Crippen MR) is 68.2 cm³/mol. The largest absolute Gasteiger partial charge is 0.493 e. The van der Waals surface area contributed by atoms with Gasteiger partial charge in [0.1, 0.15) is 6.10 Å². The molecule has 1 aliphatic carbocycles. The van der Waals surface area contributed by atoms with Gasteiger partial charge in [0.2, 0.25) is 0 Å². The van der Waals surface area contributed by atoms with Crippen molar-refractivity contribution in [2.75, 3.05) is 26.9 Å². The summed E-state index contributed by atoms with van der Waals surface area (Å²) in [7, 11) is 1.66. The summed E-state index contributed by atoms with van der Waals surface area (Å²) < 4.78 is 16.4. The lowest BCUT2D eigenvalue weighted by atomic mass is 9.96. The van der Waals surface area contributed by atoms with Gasteiger partial charge in [0, 0.05) is 12.0 Å². The van der Waals surface area contributed by atoms with Crippen LogP contribution >= 0.6 is 0 Å². The lowest BCUT2D eigenvalue weighted by Gasteiger charge is -2.28. The molecule has 0 atom stereocenters. The molecular weight excluding hydrogens is 230 g/mol. The van der Waals surface area contributed by atoms with Crippen LogP contribution in [-0.4, -0.2) is 33.0 Å². The Balaban J connectivity index is 1.86. The van der Waals surface area contributed by atoms with Crippen molar-refractivity contribution >= 4 is 0 Å². The number of methoxy groups -OCH3 is 1. The van der Waals surface area contributed by atoms with E-state index in [4.69, 9.17) is 19.9 Å². The fourth-order valence-electron chi connectivity index (χ4n) is 2.32. The Bertz CT molecular complexity index is 439. The molecule has 1 saturated carbocycles. The fraction of sp³-hybridized carbons (Fsp3) is 0.571. The first-order chi connectivity index (χ1) is 8.77. The maximum atomic E-state index is 5.89. The molecule has 2 aliphatic rings. The quantitative estimate of drug-likeness (QED) is 0.858. The summed E-state index contributed by atoms with van der Waals surface area (Å²) in [4.78, 5) is 0. The van der Waals surface area contributed by atoms with Gasteiger partial charge in [0.05, 0.1) is 20.3 Å². The maximum Gasteiger partial charge on any atom is 0.162 e. The number of nitrogens with two attached hydrogens (primary N) is 1. The molecule has 18 heavy (non-hydrogen) atoms. The van der Waals surface area contributed by atoms with Crippen LogP contribution < -0.4 is 15.2 Å². The van der Waals surface area contributed by atoms with Crippen molar-refractivity contribution in [2.45, 2.75) is 24.4 Å². The van der Waals surface area contributed by atoms with Gasteiger partial charge in [-0.05, 0) is 30.5 Å². The average molecular weight is 249 g/mol. The van der Waals surface area contributed by atoms with Gasteiger partial charge in [-0.25, -0.2) is 0 Å². The molecule has 0 aromatic heterocycles. The highest BCUT2D eigenvalue weighted by Gasteiger charge is 2.43. The first kappa shape index (κ1) is 11.8. The second-order valence-corrected chi connectivity index (χ2v) is 5.13. The zero-order valence-corrected chi connectivity index (χ0v) is 10.6. The van der Waals surface area contributed by atoms with Crippen molar-refractivity contribution < 1.29 is 14.2 Å². The van der Waals surface area contributed by atoms with E-state index in [2.05, 4.69) is 12.1 Å². The molecule has 2 fully saturated rings. The molecule has 1 aromatic rings. The number of ether oxygens (including phenoxy) is 3. The topological polar surface area (TPSA) is 53.7 Å². The van der Waals surface area contributed by atoms with Gasteiger partial charge in [-0.1, -0.05) is 6.07 Å². The molecule has 0 radical (unpaired) electrons. The third-order valence-electron chi connectivity index (χ3n) is 3.92. The number of benzene rings is 1. The third kappa shape index (κ3) is 1.95. The number of rotatable bonds is 5. The van der Waals surface area contributed by atoms with Gasteiger partial charge in [-0.2, -0.15) is 0 Å². The van der Waals surface area contributed by atoms with Crippen LogP contribution in [0.3, 0.4) is 0 Å². The Labute approximate surface area is 107 Å². The zero-order valence-electron chi connectivity index (χ0n) is 10.6. The predicted octanol–water partition coefficient (Wildman–Crippen LogP) is 1.46. The summed E-state index contributed by atoms with van der Waals surface area (Å²) >= 11 is 0. The van der Waals surface area contributed by atoms with Crippen LogP contribution in [0.15, 0.2) is 18.2 Å². The van der Waals surface area contributed by atoms with E-state index in [1.807, 2.05) is 6.07 Å². The Kier molecular flexibility index (Phi) is 2.92. The van der Waals surface area contributed by atoms with Crippen molar-refractivity contribution in [3.05, 3.63) is 23.8 Å². The van der Waals surface area contributed by atoms with E-state index in [9.17, 15) is 0 Å². The van der Waals surface area contributed by atoms with Crippen LogP contribution in [0.1, 0.15) is 18.4 Å². The van der Waals surface area contributed by atoms with Crippen molar-refractivity contribution in [1.29, 1.82) is 0 Å². The van der Waals surface area contributed by atoms with E-state index in [0.717, 1.165) is 11.5 Å². The molecule has 4 heteroatoms. The van der Waals surface area contributed by atoms with Crippen LogP contribution in [0.5, 0.6) is 11.5 Å². The summed E-state index contributed by atoms with van der Waals surface area (Å²) in [6.07, 6.45) is 2.49. The zero-order chi connectivity index (χ0) is 12.6. The fourth-order valence-corrected chi connectivity index (χ4v) is 2.32. The molecule has 0 spiro atoms. The van der Waals surface area contributed by atoms with Gasteiger partial charge >= 0.3 is 0 Å². The Morgan fingerprint density at radius 2 is 2.11 bits per heavy atom. The highest BCUT2D eigenvalue weighted by molar-refractivity contribution is 5.47. The highest BCUT2D eigenvalue weighted by Crippen LogP contribution is 2.49. The van der Waals surface area contributed by atoms with E-state index >= 15 is 0 Å². The molecule has 0 bridgehead atoms. The highest BCUT2D eigenvalue weighted by atomic mass is 16.6. The summed E-state index contributed by atoms with van der Waals surface area (Å²) in [6.45, 7) is 2.02.